The molecule has 0 bridgehead atoms. The van der Waals surface area contributed by atoms with Gasteiger partial charge in [0.1, 0.15) is 0 Å². The fourth-order valence-electron chi connectivity index (χ4n) is 3.66. The van der Waals surface area contributed by atoms with Gasteiger partial charge in [-0.15, -0.1) is 0 Å². The predicted octanol–water partition coefficient (Wildman–Crippen LogP) is 4.41. The third-order valence-electron chi connectivity index (χ3n) is 5.30. The molecule has 2 aromatic carbocycles. The van der Waals surface area contributed by atoms with E-state index in [1.807, 2.05) is 6.20 Å². The van der Waals surface area contributed by atoms with Crippen molar-refractivity contribution < 1.29 is 4.74 Å². The Bertz CT molecular complexity index is 898. The van der Waals surface area contributed by atoms with E-state index in [2.05, 4.69) is 78.5 Å². The standard InChI is InChI=1S/C22H25N3O/c1-15-6-4-9-19(16(15)2)21(20-11-23-14-24-20)17-7-5-8-18(10-17)25-22(3)12-26-13-22/h4-11,14,21,25H,12-13H2,1-3H3,(H,23,24). The van der Waals surface area contributed by atoms with Crippen molar-refractivity contribution in [3.8, 4) is 0 Å². The number of ether oxygens (including phenoxy) is 1. The van der Waals surface area contributed by atoms with E-state index < -0.39 is 0 Å². The number of rotatable bonds is 5. The van der Waals surface area contributed by atoms with E-state index in [4.69, 9.17) is 4.74 Å². The summed E-state index contributed by atoms with van der Waals surface area (Å²) in [4.78, 5) is 7.58. The Morgan fingerprint density at radius 2 is 1.96 bits per heavy atom. The number of anilines is 1. The second-order valence-electron chi connectivity index (χ2n) is 7.53. The molecular weight excluding hydrogens is 322 g/mol. The Morgan fingerprint density at radius 1 is 1.15 bits per heavy atom. The molecule has 0 saturated carbocycles. The predicted molar refractivity (Wildman–Crippen MR) is 105 cm³/mol. The molecule has 1 aliphatic heterocycles. The van der Waals surface area contributed by atoms with Gasteiger partial charge in [0.05, 0.1) is 31.0 Å². The lowest BCUT2D eigenvalue weighted by Crippen LogP contribution is -2.53. The highest BCUT2D eigenvalue weighted by atomic mass is 16.5. The van der Waals surface area contributed by atoms with E-state index in [0.29, 0.717) is 0 Å². The summed E-state index contributed by atoms with van der Waals surface area (Å²) in [5, 5.41) is 3.62. The van der Waals surface area contributed by atoms with Crippen LogP contribution in [0.5, 0.6) is 0 Å². The molecule has 1 saturated heterocycles. The maximum atomic E-state index is 5.37. The monoisotopic (exact) mass is 347 g/mol. The Kier molecular flexibility index (Phi) is 4.29. The minimum absolute atomic E-state index is 0.0291. The summed E-state index contributed by atoms with van der Waals surface area (Å²) in [6.45, 7) is 8.05. The highest BCUT2D eigenvalue weighted by Gasteiger charge is 2.33. The summed E-state index contributed by atoms with van der Waals surface area (Å²) in [5.41, 5.74) is 7.45. The maximum absolute atomic E-state index is 5.37. The van der Waals surface area contributed by atoms with Gasteiger partial charge in [0, 0.05) is 17.6 Å². The van der Waals surface area contributed by atoms with Crippen molar-refractivity contribution >= 4 is 5.69 Å². The molecule has 4 rings (SSSR count). The Labute approximate surface area is 154 Å². The molecule has 0 spiro atoms. The zero-order valence-corrected chi connectivity index (χ0v) is 15.5. The molecule has 3 aromatic rings. The van der Waals surface area contributed by atoms with Gasteiger partial charge in [-0.3, -0.25) is 0 Å². The molecular formula is C22H25N3O. The molecule has 2 N–H and O–H groups in total. The summed E-state index contributed by atoms with van der Waals surface area (Å²) in [6.07, 6.45) is 3.68. The summed E-state index contributed by atoms with van der Waals surface area (Å²) in [5.74, 6) is 0.129. The van der Waals surface area contributed by atoms with Crippen molar-refractivity contribution in [1.29, 1.82) is 0 Å². The second kappa shape index (κ2) is 6.61. The third-order valence-corrected chi connectivity index (χ3v) is 5.30. The van der Waals surface area contributed by atoms with Crippen molar-refractivity contribution in [2.24, 2.45) is 0 Å². The number of benzene rings is 2. The molecule has 1 fully saturated rings. The highest BCUT2D eigenvalue weighted by Crippen LogP contribution is 2.35. The number of hydrogen-bond acceptors (Lipinski definition) is 3. The number of hydrogen-bond donors (Lipinski definition) is 2. The van der Waals surface area contributed by atoms with Crippen LogP contribution in [0.4, 0.5) is 5.69 Å². The molecule has 4 heteroatoms. The number of aromatic nitrogens is 2. The lowest BCUT2D eigenvalue weighted by atomic mass is 9.84. The van der Waals surface area contributed by atoms with Crippen molar-refractivity contribution in [2.75, 3.05) is 18.5 Å². The van der Waals surface area contributed by atoms with Crippen LogP contribution in [0.15, 0.2) is 55.0 Å². The lowest BCUT2D eigenvalue weighted by molar-refractivity contribution is -0.0318. The molecule has 1 aliphatic rings. The molecule has 1 atom stereocenters. The normalized spacial score (nSPS) is 16.7. The molecule has 4 nitrogen and oxygen atoms in total. The number of H-pyrrole nitrogens is 1. The van der Waals surface area contributed by atoms with Crippen molar-refractivity contribution in [3.63, 3.8) is 0 Å². The van der Waals surface area contributed by atoms with Crippen LogP contribution in [0.3, 0.4) is 0 Å². The van der Waals surface area contributed by atoms with Crippen molar-refractivity contribution in [1.82, 2.24) is 9.97 Å². The average molecular weight is 347 g/mol. The number of nitrogens with zero attached hydrogens (tertiary/aromatic N) is 1. The van der Waals surface area contributed by atoms with E-state index in [9.17, 15) is 0 Å². The summed E-state index contributed by atoms with van der Waals surface area (Å²) < 4.78 is 5.37. The van der Waals surface area contributed by atoms with Crippen molar-refractivity contribution in [3.05, 3.63) is 82.9 Å². The van der Waals surface area contributed by atoms with Crippen LogP contribution >= 0.6 is 0 Å². The van der Waals surface area contributed by atoms with Gasteiger partial charge in [0.2, 0.25) is 0 Å². The first kappa shape index (κ1) is 16.9. The van der Waals surface area contributed by atoms with E-state index >= 15 is 0 Å². The first-order valence-corrected chi connectivity index (χ1v) is 9.06. The van der Waals surface area contributed by atoms with Gasteiger partial charge in [-0.1, -0.05) is 30.3 Å². The van der Waals surface area contributed by atoms with Crippen LogP contribution in [0, 0.1) is 13.8 Å². The van der Waals surface area contributed by atoms with E-state index in [1.165, 1.54) is 22.3 Å². The molecule has 0 aliphatic carbocycles. The topological polar surface area (TPSA) is 49.9 Å². The molecule has 1 unspecified atom stereocenters. The number of aryl methyl sites for hydroxylation is 1. The molecule has 2 heterocycles. The van der Waals surface area contributed by atoms with E-state index in [0.717, 1.165) is 24.6 Å². The summed E-state index contributed by atoms with van der Waals surface area (Å²) in [7, 11) is 0. The van der Waals surface area contributed by atoms with E-state index in [-0.39, 0.29) is 11.5 Å². The highest BCUT2D eigenvalue weighted by molar-refractivity contribution is 5.53. The lowest BCUT2D eigenvalue weighted by Gasteiger charge is -2.39. The van der Waals surface area contributed by atoms with Gasteiger partial charge in [-0.05, 0) is 55.2 Å². The number of aromatic amines is 1. The minimum Gasteiger partial charge on any atom is -0.376 e. The maximum Gasteiger partial charge on any atom is 0.0922 e. The first-order valence-electron chi connectivity index (χ1n) is 9.06. The average Bonchev–Trinajstić information content (AvgIpc) is 3.12. The Morgan fingerprint density at radius 3 is 2.65 bits per heavy atom. The van der Waals surface area contributed by atoms with Gasteiger partial charge >= 0.3 is 0 Å². The van der Waals surface area contributed by atoms with Gasteiger partial charge in [0.25, 0.3) is 0 Å². The SMILES string of the molecule is Cc1cccc(C(c2cccc(NC3(C)COC3)c2)c2cnc[nH]2)c1C. The smallest absolute Gasteiger partial charge is 0.0922 e. The Balaban J connectivity index is 1.76. The zero-order chi connectivity index (χ0) is 18.1. The van der Waals surface area contributed by atoms with Gasteiger partial charge in [-0.2, -0.15) is 0 Å². The van der Waals surface area contributed by atoms with Crippen molar-refractivity contribution in [2.45, 2.75) is 32.2 Å². The molecule has 134 valence electrons. The van der Waals surface area contributed by atoms with E-state index in [1.54, 1.807) is 6.33 Å². The minimum atomic E-state index is 0.0291. The largest absolute Gasteiger partial charge is 0.376 e. The third kappa shape index (κ3) is 3.13. The quantitative estimate of drug-likeness (QED) is 0.719. The van der Waals surface area contributed by atoms with Gasteiger partial charge in [0.15, 0.2) is 0 Å². The van der Waals surface area contributed by atoms with Crippen LogP contribution in [0.25, 0.3) is 0 Å². The number of imidazole rings is 1. The second-order valence-corrected chi connectivity index (χ2v) is 7.53. The number of nitrogens with one attached hydrogen (secondary N) is 2. The summed E-state index contributed by atoms with van der Waals surface area (Å²) >= 11 is 0. The first-order chi connectivity index (χ1) is 12.6. The van der Waals surface area contributed by atoms with Crippen LogP contribution in [-0.4, -0.2) is 28.7 Å². The zero-order valence-electron chi connectivity index (χ0n) is 15.5. The molecule has 1 aromatic heterocycles. The van der Waals surface area contributed by atoms with Crippen LogP contribution in [0.1, 0.15) is 40.8 Å². The van der Waals surface area contributed by atoms with Gasteiger partial charge in [-0.25, -0.2) is 4.98 Å². The fourth-order valence-corrected chi connectivity index (χ4v) is 3.66. The Hall–Kier alpha value is -2.59. The van der Waals surface area contributed by atoms with Crippen LogP contribution < -0.4 is 5.32 Å². The molecule has 0 radical (unpaired) electrons. The van der Waals surface area contributed by atoms with Crippen LogP contribution in [0.2, 0.25) is 0 Å². The molecule has 0 amide bonds. The van der Waals surface area contributed by atoms with Gasteiger partial charge < -0.3 is 15.0 Å². The summed E-state index contributed by atoms with van der Waals surface area (Å²) in [6, 6.07) is 15.2. The van der Waals surface area contributed by atoms with Crippen LogP contribution in [-0.2, 0) is 4.74 Å². The fraction of sp³-hybridized carbons (Fsp3) is 0.318. The molecule has 26 heavy (non-hydrogen) atoms.